The van der Waals surface area contributed by atoms with Gasteiger partial charge in [-0.3, -0.25) is 10.1 Å². The second-order valence-corrected chi connectivity index (χ2v) is 7.23. The lowest BCUT2D eigenvalue weighted by Gasteiger charge is -2.38. The van der Waals surface area contributed by atoms with Gasteiger partial charge in [0.2, 0.25) is 5.91 Å². The van der Waals surface area contributed by atoms with Gasteiger partial charge in [-0.2, -0.15) is 0 Å². The highest BCUT2D eigenvalue weighted by molar-refractivity contribution is 5.85. The van der Waals surface area contributed by atoms with Gasteiger partial charge in [-0.15, -0.1) is 0 Å². The Morgan fingerprint density at radius 3 is 2.52 bits per heavy atom. The zero-order valence-electron chi connectivity index (χ0n) is 14.1. The number of carbonyl (C=O) groups excluding carboxylic acids is 1. The summed E-state index contributed by atoms with van der Waals surface area (Å²) in [6.07, 6.45) is 0.811. The van der Waals surface area contributed by atoms with Crippen molar-refractivity contribution < 1.29 is 4.79 Å². The lowest BCUT2D eigenvalue weighted by atomic mass is 9.86. The third-order valence-corrected chi connectivity index (χ3v) is 4.63. The van der Waals surface area contributed by atoms with Crippen LogP contribution in [0.2, 0.25) is 0 Å². The van der Waals surface area contributed by atoms with Crippen molar-refractivity contribution in [3.63, 3.8) is 0 Å². The third kappa shape index (κ3) is 3.13. The molecule has 2 rings (SSSR count). The summed E-state index contributed by atoms with van der Waals surface area (Å²) in [6.45, 7) is 12.9. The van der Waals surface area contributed by atoms with E-state index in [9.17, 15) is 4.79 Å². The minimum absolute atomic E-state index is 0.0171. The van der Waals surface area contributed by atoms with Gasteiger partial charge in [0.05, 0.1) is 6.04 Å². The summed E-state index contributed by atoms with van der Waals surface area (Å²) in [5, 5.41) is 3.51. The molecule has 1 heterocycles. The lowest BCUT2D eigenvalue weighted by molar-refractivity contribution is -0.134. The number of hydrogen-bond acceptors (Lipinski definition) is 2. The van der Waals surface area contributed by atoms with Crippen LogP contribution < -0.4 is 5.32 Å². The zero-order valence-corrected chi connectivity index (χ0v) is 14.1. The van der Waals surface area contributed by atoms with Crippen molar-refractivity contribution in [2.75, 3.05) is 0 Å². The Hall–Kier alpha value is -1.35. The molecule has 0 saturated carbocycles. The fraction of sp³-hybridized carbons (Fsp3) is 0.611. The van der Waals surface area contributed by atoms with E-state index in [4.69, 9.17) is 0 Å². The average molecular weight is 288 g/mol. The van der Waals surface area contributed by atoms with E-state index in [0.29, 0.717) is 0 Å². The molecule has 0 aliphatic carbocycles. The first-order chi connectivity index (χ1) is 9.75. The molecule has 1 N–H and O–H groups in total. The van der Waals surface area contributed by atoms with E-state index >= 15 is 0 Å². The standard InChI is InChI=1S/C18H28N2O/c1-7-15-17(21)20(13(3)18(4,5)6)16(19-15)14-10-8-9-12(2)11-14/h8-11,13,15-16,19H,7H2,1-6H3. The smallest absolute Gasteiger partial charge is 0.241 e. The maximum Gasteiger partial charge on any atom is 0.241 e. The summed E-state index contributed by atoms with van der Waals surface area (Å²) in [5.74, 6) is 0.228. The van der Waals surface area contributed by atoms with Gasteiger partial charge in [0.1, 0.15) is 6.17 Å². The van der Waals surface area contributed by atoms with Crippen LogP contribution in [0.5, 0.6) is 0 Å². The van der Waals surface area contributed by atoms with E-state index < -0.39 is 0 Å². The first-order valence-corrected chi connectivity index (χ1v) is 7.90. The first kappa shape index (κ1) is 16.0. The Morgan fingerprint density at radius 2 is 2.00 bits per heavy atom. The summed E-state index contributed by atoms with van der Waals surface area (Å²) >= 11 is 0. The summed E-state index contributed by atoms with van der Waals surface area (Å²) in [4.78, 5) is 14.8. The molecule has 1 amide bonds. The molecule has 0 bridgehead atoms. The van der Waals surface area contributed by atoms with Crippen molar-refractivity contribution in [2.24, 2.45) is 5.41 Å². The molecule has 1 aliphatic rings. The zero-order chi connectivity index (χ0) is 15.8. The van der Waals surface area contributed by atoms with Crippen molar-refractivity contribution in [1.82, 2.24) is 10.2 Å². The molecule has 3 heteroatoms. The SMILES string of the molecule is CCC1NC(c2cccc(C)c2)N(C(C)C(C)(C)C)C1=O. The molecule has 21 heavy (non-hydrogen) atoms. The number of nitrogens with zero attached hydrogens (tertiary/aromatic N) is 1. The number of hydrogen-bond donors (Lipinski definition) is 1. The van der Waals surface area contributed by atoms with Crippen molar-refractivity contribution in [3.8, 4) is 0 Å². The van der Waals surface area contributed by atoms with Crippen LogP contribution in [0.25, 0.3) is 0 Å². The minimum atomic E-state index is -0.0692. The molecular weight excluding hydrogens is 260 g/mol. The van der Waals surface area contributed by atoms with Crippen LogP contribution in [-0.2, 0) is 4.79 Å². The van der Waals surface area contributed by atoms with Crippen LogP contribution >= 0.6 is 0 Å². The van der Waals surface area contributed by atoms with Crippen LogP contribution in [0, 0.1) is 12.3 Å². The molecular formula is C18H28N2O. The van der Waals surface area contributed by atoms with Crippen LogP contribution in [0.15, 0.2) is 24.3 Å². The topological polar surface area (TPSA) is 32.3 Å². The lowest BCUT2D eigenvalue weighted by Crippen LogP contribution is -2.45. The number of aryl methyl sites for hydroxylation is 1. The van der Waals surface area contributed by atoms with E-state index in [1.54, 1.807) is 0 Å². The largest absolute Gasteiger partial charge is 0.318 e. The predicted molar refractivity (Wildman–Crippen MR) is 86.9 cm³/mol. The summed E-state index contributed by atoms with van der Waals surface area (Å²) in [7, 11) is 0. The summed E-state index contributed by atoms with van der Waals surface area (Å²) in [5.41, 5.74) is 2.46. The van der Waals surface area contributed by atoms with Gasteiger partial charge in [0, 0.05) is 6.04 Å². The highest BCUT2D eigenvalue weighted by Crippen LogP contribution is 2.35. The van der Waals surface area contributed by atoms with Crippen molar-refractivity contribution in [2.45, 2.75) is 66.2 Å². The molecule has 0 aromatic heterocycles. The molecule has 116 valence electrons. The molecule has 1 aromatic rings. The average Bonchev–Trinajstić information content (AvgIpc) is 2.73. The second-order valence-electron chi connectivity index (χ2n) is 7.23. The van der Waals surface area contributed by atoms with E-state index in [0.717, 1.165) is 6.42 Å². The fourth-order valence-electron chi connectivity index (χ4n) is 2.87. The number of carbonyl (C=O) groups is 1. The maximum absolute atomic E-state index is 12.8. The maximum atomic E-state index is 12.8. The highest BCUT2D eigenvalue weighted by atomic mass is 16.2. The third-order valence-electron chi connectivity index (χ3n) is 4.63. The van der Waals surface area contributed by atoms with Crippen LogP contribution in [0.4, 0.5) is 0 Å². The van der Waals surface area contributed by atoms with E-state index in [2.05, 4.69) is 71.1 Å². The molecule has 1 saturated heterocycles. The van der Waals surface area contributed by atoms with E-state index in [1.807, 2.05) is 4.90 Å². The van der Waals surface area contributed by atoms with E-state index in [1.165, 1.54) is 11.1 Å². The molecule has 3 atom stereocenters. The molecule has 1 fully saturated rings. The number of rotatable bonds is 3. The van der Waals surface area contributed by atoms with Crippen molar-refractivity contribution in [3.05, 3.63) is 35.4 Å². The van der Waals surface area contributed by atoms with Crippen LogP contribution in [0.1, 0.15) is 58.3 Å². The number of benzene rings is 1. The van der Waals surface area contributed by atoms with Crippen molar-refractivity contribution in [1.29, 1.82) is 0 Å². The van der Waals surface area contributed by atoms with Gasteiger partial charge in [0.15, 0.2) is 0 Å². The quantitative estimate of drug-likeness (QED) is 0.921. The summed E-state index contributed by atoms with van der Waals surface area (Å²) in [6, 6.07) is 8.55. The number of amides is 1. The number of nitrogens with one attached hydrogen (secondary N) is 1. The fourth-order valence-corrected chi connectivity index (χ4v) is 2.87. The first-order valence-electron chi connectivity index (χ1n) is 7.90. The van der Waals surface area contributed by atoms with Crippen molar-refractivity contribution >= 4 is 5.91 Å². The molecule has 3 unspecified atom stereocenters. The summed E-state index contributed by atoms with van der Waals surface area (Å²) < 4.78 is 0. The van der Waals surface area contributed by atoms with Crippen LogP contribution in [0.3, 0.4) is 0 Å². The molecule has 0 spiro atoms. The Bertz CT molecular complexity index is 518. The predicted octanol–water partition coefficient (Wildman–Crippen LogP) is 3.64. The van der Waals surface area contributed by atoms with E-state index in [-0.39, 0.29) is 29.6 Å². The molecule has 0 radical (unpaired) electrons. The van der Waals surface area contributed by atoms with Gasteiger partial charge in [-0.1, -0.05) is 57.5 Å². The molecule has 3 nitrogen and oxygen atoms in total. The molecule has 1 aromatic carbocycles. The highest BCUT2D eigenvalue weighted by Gasteiger charge is 2.43. The monoisotopic (exact) mass is 288 g/mol. The van der Waals surface area contributed by atoms with Gasteiger partial charge in [-0.05, 0) is 31.2 Å². The normalized spacial score (nSPS) is 24.5. The Kier molecular flexibility index (Phi) is 4.43. The Balaban J connectivity index is 2.39. The van der Waals surface area contributed by atoms with Gasteiger partial charge < -0.3 is 4.90 Å². The second kappa shape index (κ2) is 5.80. The Labute approximate surface area is 128 Å². The minimum Gasteiger partial charge on any atom is -0.318 e. The molecule has 1 aliphatic heterocycles. The van der Waals surface area contributed by atoms with Gasteiger partial charge in [0.25, 0.3) is 0 Å². The van der Waals surface area contributed by atoms with Crippen LogP contribution in [-0.4, -0.2) is 22.9 Å². The Morgan fingerprint density at radius 1 is 1.33 bits per heavy atom. The van der Waals surface area contributed by atoms with Gasteiger partial charge >= 0.3 is 0 Å². The van der Waals surface area contributed by atoms with Gasteiger partial charge in [-0.25, -0.2) is 0 Å².